The summed E-state index contributed by atoms with van der Waals surface area (Å²) in [7, 11) is 0. The lowest BCUT2D eigenvalue weighted by Crippen LogP contribution is -2.02. The Hall–Kier alpha value is -3.50. The van der Waals surface area contributed by atoms with Crippen molar-refractivity contribution in [2.24, 2.45) is 0 Å². The zero-order valence-corrected chi connectivity index (χ0v) is 22.3. The molecule has 10 heteroatoms. The van der Waals surface area contributed by atoms with Crippen LogP contribution in [0.4, 0.5) is 0 Å². The van der Waals surface area contributed by atoms with Crippen molar-refractivity contribution in [1.82, 2.24) is 30.0 Å². The van der Waals surface area contributed by atoms with Crippen LogP contribution >= 0.6 is 31.9 Å². The van der Waals surface area contributed by atoms with Crippen molar-refractivity contribution >= 4 is 31.9 Å². The number of aromatic nitrogens is 6. The number of hydrogen-bond donors (Lipinski definition) is 2. The molecule has 8 nitrogen and oxygen atoms in total. The molecule has 2 heterocycles. The average molecular weight is 610 g/mol. The van der Waals surface area contributed by atoms with E-state index in [9.17, 15) is 10.2 Å². The van der Waals surface area contributed by atoms with Gasteiger partial charge in [-0.05, 0) is 80.1 Å². The standard InChI is InChI=1S/C26H22Br2N6O2/c27-21-13-17(1-7-25(21)35)9-11-33-15-23(29-31-33)19-3-5-20(6-4-19)24-16-34(32-30-24)12-10-18-2-8-26(36)22(28)14-18/h1-8,13-16,35-36H,9-12H2. The summed E-state index contributed by atoms with van der Waals surface area (Å²) in [6.45, 7) is 1.37. The van der Waals surface area contributed by atoms with Gasteiger partial charge in [0.1, 0.15) is 22.9 Å². The van der Waals surface area contributed by atoms with Crippen molar-refractivity contribution in [3.63, 3.8) is 0 Å². The van der Waals surface area contributed by atoms with Crippen LogP contribution in [0.1, 0.15) is 11.1 Å². The summed E-state index contributed by atoms with van der Waals surface area (Å²) in [5, 5.41) is 36.4. The van der Waals surface area contributed by atoms with Gasteiger partial charge in [0.25, 0.3) is 0 Å². The van der Waals surface area contributed by atoms with Crippen LogP contribution in [-0.4, -0.2) is 40.2 Å². The molecule has 0 fully saturated rings. The van der Waals surface area contributed by atoms with E-state index in [0.717, 1.165) is 46.5 Å². The molecule has 0 aliphatic rings. The normalized spacial score (nSPS) is 11.2. The summed E-state index contributed by atoms with van der Waals surface area (Å²) in [4.78, 5) is 0. The monoisotopic (exact) mass is 608 g/mol. The Bertz CT molecular complexity index is 1380. The number of nitrogens with zero attached hydrogens (tertiary/aromatic N) is 6. The lowest BCUT2D eigenvalue weighted by Gasteiger charge is -2.03. The van der Waals surface area contributed by atoms with E-state index in [1.54, 1.807) is 12.1 Å². The number of halogens is 2. The van der Waals surface area contributed by atoms with Crippen molar-refractivity contribution in [3.8, 4) is 34.0 Å². The molecule has 36 heavy (non-hydrogen) atoms. The van der Waals surface area contributed by atoms with Gasteiger partial charge in [0.2, 0.25) is 0 Å². The third-order valence-electron chi connectivity index (χ3n) is 5.84. The third-order valence-corrected chi connectivity index (χ3v) is 7.11. The van der Waals surface area contributed by atoms with Gasteiger partial charge in [-0.2, -0.15) is 0 Å². The van der Waals surface area contributed by atoms with E-state index in [4.69, 9.17) is 0 Å². The Morgan fingerprint density at radius 2 is 1.03 bits per heavy atom. The van der Waals surface area contributed by atoms with Crippen LogP contribution in [0.5, 0.6) is 11.5 Å². The second-order valence-corrected chi connectivity index (χ2v) is 10.1. The van der Waals surface area contributed by atoms with Gasteiger partial charge in [0, 0.05) is 24.2 Å². The van der Waals surface area contributed by atoms with Gasteiger partial charge < -0.3 is 10.2 Å². The van der Waals surface area contributed by atoms with Gasteiger partial charge in [-0.3, -0.25) is 9.36 Å². The molecular weight excluding hydrogens is 588 g/mol. The lowest BCUT2D eigenvalue weighted by molar-refractivity contribution is 0.471. The van der Waals surface area contributed by atoms with Gasteiger partial charge in [-0.1, -0.05) is 46.8 Å². The minimum atomic E-state index is 0.232. The summed E-state index contributed by atoms with van der Waals surface area (Å²) < 4.78 is 5.01. The first kappa shape index (κ1) is 24.2. The molecule has 0 saturated carbocycles. The Balaban J connectivity index is 1.20. The minimum absolute atomic E-state index is 0.232. The third kappa shape index (κ3) is 5.66. The van der Waals surface area contributed by atoms with Crippen molar-refractivity contribution < 1.29 is 10.2 Å². The molecule has 0 aliphatic carbocycles. The highest BCUT2D eigenvalue weighted by Crippen LogP contribution is 2.26. The lowest BCUT2D eigenvalue weighted by atomic mass is 10.1. The number of hydrogen-bond acceptors (Lipinski definition) is 6. The molecule has 0 aliphatic heterocycles. The van der Waals surface area contributed by atoms with E-state index in [0.29, 0.717) is 22.0 Å². The number of rotatable bonds is 8. The summed E-state index contributed by atoms with van der Waals surface area (Å²) in [5.74, 6) is 0.463. The van der Waals surface area contributed by atoms with E-state index in [-0.39, 0.29) is 11.5 Å². The van der Waals surface area contributed by atoms with Crippen LogP contribution in [0.3, 0.4) is 0 Å². The summed E-state index contributed by atoms with van der Waals surface area (Å²) in [5.41, 5.74) is 5.76. The first-order valence-electron chi connectivity index (χ1n) is 11.3. The molecule has 0 radical (unpaired) electrons. The molecule has 0 spiro atoms. The van der Waals surface area contributed by atoms with Crippen LogP contribution in [0.2, 0.25) is 0 Å². The Kier molecular flexibility index (Phi) is 7.15. The Labute approximate surface area is 224 Å². The summed E-state index contributed by atoms with van der Waals surface area (Å²) in [6, 6.07) is 19.0. The molecular formula is C26H22Br2N6O2. The number of phenols is 2. The fraction of sp³-hybridized carbons (Fsp3) is 0.154. The highest BCUT2D eigenvalue weighted by atomic mass is 79.9. The molecule has 0 bridgehead atoms. The van der Waals surface area contributed by atoms with Crippen molar-refractivity contribution in [3.05, 3.63) is 93.1 Å². The molecule has 5 rings (SSSR count). The molecule has 2 N–H and O–H groups in total. The molecule has 5 aromatic rings. The van der Waals surface area contributed by atoms with E-state index < -0.39 is 0 Å². The highest BCUT2D eigenvalue weighted by Gasteiger charge is 2.09. The van der Waals surface area contributed by atoms with E-state index >= 15 is 0 Å². The van der Waals surface area contributed by atoms with Crippen LogP contribution < -0.4 is 0 Å². The fourth-order valence-corrected chi connectivity index (χ4v) is 4.64. The largest absolute Gasteiger partial charge is 0.507 e. The van der Waals surface area contributed by atoms with Crippen LogP contribution in [-0.2, 0) is 25.9 Å². The average Bonchev–Trinajstić information content (AvgIpc) is 3.56. The molecule has 0 unspecified atom stereocenters. The maximum atomic E-state index is 9.64. The number of aryl methyl sites for hydroxylation is 4. The second-order valence-electron chi connectivity index (χ2n) is 8.38. The zero-order valence-electron chi connectivity index (χ0n) is 19.1. The van der Waals surface area contributed by atoms with Crippen molar-refractivity contribution in [2.45, 2.75) is 25.9 Å². The van der Waals surface area contributed by atoms with Crippen LogP contribution in [0.25, 0.3) is 22.5 Å². The van der Waals surface area contributed by atoms with Gasteiger partial charge >= 0.3 is 0 Å². The van der Waals surface area contributed by atoms with E-state index in [1.807, 2.05) is 70.3 Å². The first-order chi connectivity index (χ1) is 17.4. The molecule has 2 aromatic heterocycles. The fourth-order valence-electron chi connectivity index (χ4n) is 3.79. The van der Waals surface area contributed by atoms with E-state index in [2.05, 4.69) is 52.5 Å². The smallest absolute Gasteiger partial charge is 0.129 e. The SMILES string of the molecule is Oc1ccc(CCn2cc(-c3ccc(-c4cn(CCc5ccc(O)c(Br)c5)nn4)cc3)nn2)cc1Br. The van der Waals surface area contributed by atoms with Gasteiger partial charge in [0.05, 0.1) is 21.3 Å². The predicted octanol–water partition coefficient (Wildman–Crippen LogP) is 5.63. The molecule has 0 saturated heterocycles. The Morgan fingerprint density at radius 3 is 1.42 bits per heavy atom. The summed E-state index contributed by atoms with van der Waals surface area (Å²) in [6.07, 6.45) is 5.42. The van der Waals surface area contributed by atoms with Crippen LogP contribution in [0.15, 0.2) is 82.0 Å². The van der Waals surface area contributed by atoms with Crippen molar-refractivity contribution in [1.29, 1.82) is 0 Å². The number of benzene rings is 3. The first-order valence-corrected chi connectivity index (χ1v) is 12.9. The van der Waals surface area contributed by atoms with Crippen molar-refractivity contribution in [2.75, 3.05) is 0 Å². The predicted molar refractivity (Wildman–Crippen MR) is 143 cm³/mol. The maximum absolute atomic E-state index is 9.64. The number of aromatic hydroxyl groups is 2. The van der Waals surface area contributed by atoms with Gasteiger partial charge in [-0.15, -0.1) is 10.2 Å². The topological polar surface area (TPSA) is 102 Å². The highest BCUT2D eigenvalue weighted by molar-refractivity contribution is 9.10. The maximum Gasteiger partial charge on any atom is 0.129 e. The number of phenolic OH excluding ortho intramolecular Hbond substituents is 2. The second kappa shape index (κ2) is 10.6. The Morgan fingerprint density at radius 1 is 0.611 bits per heavy atom. The molecule has 182 valence electrons. The van der Waals surface area contributed by atoms with E-state index in [1.165, 1.54) is 0 Å². The molecule has 0 amide bonds. The molecule has 0 atom stereocenters. The van der Waals surface area contributed by atoms with Gasteiger partial charge in [-0.25, -0.2) is 0 Å². The summed E-state index contributed by atoms with van der Waals surface area (Å²) >= 11 is 6.70. The quantitative estimate of drug-likeness (QED) is 0.237. The van der Waals surface area contributed by atoms with Crippen LogP contribution in [0, 0.1) is 0 Å². The minimum Gasteiger partial charge on any atom is -0.507 e. The van der Waals surface area contributed by atoms with Gasteiger partial charge in [0.15, 0.2) is 0 Å². The molecule has 3 aromatic carbocycles. The zero-order chi connectivity index (χ0) is 25.1.